The van der Waals surface area contributed by atoms with Crippen LogP contribution in [0.15, 0.2) is 48.5 Å². The lowest BCUT2D eigenvalue weighted by molar-refractivity contribution is -0.118. The van der Waals surface area contributed by atoms with Gasteiger partial charge in [-0.1, -0.05) is 31.2 Å². The number of amides is 2. The largest absolute Gasteiger partial charge is 0.484 e. The molecule has 2 rings (SSSR count). The number of ether oxygens (including phenoxy) is 1. The maximum absolute atomic E-state index is 11.9. The number of carbonyl (C=O) groups excluding carboxylic acids is 2. The molecular weight excluding hydrogens is 280 g/mol. The third-order valence-electron chi connectivity index (χ3n) is 3.17. The number of primary amides is 1. The summed E-state index contributed by atoms with van der Waals surface area (Å²) in [7, 11) is 0. The van der Waals surface area contributed by atoms with Crippen molar-refractivity contribution < 1.29 is 14.3 Å². The lowest BCUT2D eigenvalue weighted by Crippen LogP contribution is -2.22. The van der Waals surface area contributed by atoms with Crippen LogP contribution in [0.3, 0.4) is 0 Å². The molecule has 0 aliphatic rings. The van der Waals surface area contributed by atoms with Crippen molar-refractivity contribution in [2.45, 2.75) is 13.3 Å². The van der Waals surface area contributed by atoms with E-state index in [2.05, 4.69) is 12.2 Å². The summed E-state index contributed by atoms with van der Waals surface area (Å²) in [6.07, 6.45) is 0.949. The van der Waals surface area contributed by atoms with Crippen molar-refractivity contribution in [1.82, 2.24) is 0 Å². The van der Waals surface area contributed by atoms with Crippen LogP contribution in [0.4, 0.5) is 5.69 Å². The number of benzene rings is 2. The van der Waals surface area contributed by atoms with E-state index in [-0.39, 0.29) is 18.1 Å². The third kappa shape index (κ3) is 4.09. The standard InChI is InChI=1S/C17H18N2O3/c1-2-12-7-9-13(10-8-12)22-11-16(20)19-15-6-4-3-5-14(15)17(18)21/h3-10H,2,11H2,1H3,(H2,18,21)(H,19,20). The van der Waals surface area contributed by atoms with Gasteiger partial charge >= 0.3 is 0 Å². The van der Waals surface area contributed by atoms with E-state index in [1.807, 2.05) is 24.3 Å². The van der Waals surface area contributed by atoms with Gasteiger partial charge in [-0.25, -0.2) is 0 Å². The zero-order valence-corrected chi connectivity index (χ0v) is 12.3. The molecule has 2 aromatic rings. The predicted molar refractivity (Wildman–Crippen MR) is 84.9 cm³/mol. The molecule has 22 heavy (non-hydrogen) atoms. The van der Waals surface area contributed by atoms with Gasteiger partial charge in [-0.2, -0.15) is 0 Å². The predicted octanol–water partition coefficient (Wildman–Crippen LogP) is 2.37. The average molecular weight is 298 g/mol. The number of nitrogens with one attached hydrogen (secondary N) is 1. The quantitative estimate of drug-likeness (QED) is 0.859. The highest BCUT2D eigenvalue weighted by atomic mass is 16.5. The summed E-state index contributed by atoms with van der Waals surface area (Å²) in [5, 5.41) is 2.62. The molecule has 2 amide bonds. The maximum Gasteiger partial charge on any atom is 0.262 e. The van der Waals surface area contributed by atoms with Gasteiger partial charge in [0.15, 0.2) is 6.61 Å². The van der Waals surface area contributed by atoms with Crippen molar-refractivity contribution in [3.05, 3.63) is 59.7 Å². The van der Waals surface area contributed by atoms with Crippen LogP contribution in [-0.4, -0.2) is 18.4 Å². The van der Waals surface area contributed by atoms with Crippen LogP contribution >= 0.6 is 0 Å². The van der Waals surface area contributed by atoms with E-state index in [9.17, 15) is 9.59 Å². The number of hydrogen-bond acceptors (Lipinski definition) is 3. The van der Waals surface area contributed by atoms with E-state index in [1.165, 1.54) is 5.56 Å². The van der Waals surface area contributed by atoms with E-state index in [0.29, 0.717) is 11.4 Å². The number of rotatable bonds is 6. The summed E-state index contributed by atoms with van der Waals surface area (Å²) in [5.41, 5.74) is 7.11. The Labute approximate surface area is 129 Å². The monoisotopic (exact) mass is 298 g/mol. The minimum atomic E-state index is -0.591. The Morgan fingerprint density at radius 1 is 1.09 bits per heavy atom. The summed E-state index contributed by atoms with van der Waals surface area (Å²) < 4.78 is 5.41. The van der Waals surface area contributed by atoms with Crippen LogP contribution in [-0.2, 0) is 11.2 Å². The van der Waals surface area contributed by atoms with Crippen LogP contribution in [0.1, 0.15) is 22.8 Å². The van der Waals surface area contributed by atoms with Crippen molar-refractivity contribution in [2.24, 2.45) is 5.73 Å². The van der Waals surface area contributed by atoms with E-state index in [4.69, 9.17) is 10.5 Å². The fraction of sp³-hybridized carbons (Fsp3) is 0.176. The Balaban J connectivity index is 1.94. The van der Waals surface area contributed by atoms with Gasteiger partial charge in [0.25, 0.3) is 11.8 Å². The number of nitrogens with two attached hydrogens (primary N) is 1. The lowest BCUT2D eigenvalue weighted by Gasteiger charge is -2.10. The molecule has 5 nitrogen and oxygen atoms in total. The molecular formula is C17H18N2O3. The van der Waals surface area contributed by atoms with Gasteiger partial charge in [0.05, 0.1) is 11.3 Å². The molecule has 0 spiro atoms. The fourth-order valence-electron chi connectivity index (χ4n) is 1.96. The third-order valence-corrected chi connectivity index (χ3v) is 3.17. The van der Waals surface area contributed by atoms with E-state index in [0.717, 1.165) is 6.42 Å². The number of carbonyl (C=O) groups is 2. The molecule has 0 bridgehead atoms. The van der Waals surface area contributed by atoms with Crippen LogP contribution in [0, 0.1) is 0 Å². The fourth-order valence-corrected chi connectivity index (χ4v) is 1.96. The van der Waals surface area contributed by atoms with Gasteiger partial charge in [0.1, 0.15) is 5.75 Å². The van der Waals surface area contributed by atoms with Crippen molar-refractivity contribution in [1.29, 1.82) is 0 Å². The second kappa shape index (κ2) is 7.26. The zero-order chi connectivity index (χ0) is 15.9. The van der Waals surface area contributed by atoms with Crippen molar-refractivity contribution in [2.75, 3.05) is 11.9 Å². The minimum absolute atomic E-state index is 0.140. The highest BCUT2D eigenvalue weighted by Crippen LogP contribution is 2.15. The van der Waals surface area contributed by atoms with Gasteiger partial charge in [0, 0.05) is 0 Å². The van der Waals surface area contributed by atoms with Gasteiger partial charge in [-0.3, -0.25) is 9.59 Å². The first-order valence-corrected chi connectivity index (χ1v) is 7.00. The number of aryl methyl sites for hydroxylation is 1. The normalized spacial score (nSPS) is 10.0. The smallest absolute Gasteiger partial charge is 0.262 e. The van der Waals surface area contributed by atoms with Gasteiger partial charge in [-0.15, -0.1) is 0 Å². The van der Waals surface area contributed by atoms with Crippen LogP contribution < -0.4 is 15.8 Å². The molecule has 0 saturated heterocycles. The number of anilines is 1. The Morgan fingerprint density at radius 2 is 1.77 bits per heavy atom. The molecule has 0 aromatic heterocycles. The molecule has 0 aliphatic heterocycles. The molecule has 0 aliphatic carbocycles. The topological polar surface area (TPSA) is 81.4 Å². The highest BCUT2D eigenvalue weighted by Gasteiger charge is 2.10. The highest BCUT2D eigenvalue weighted by molar-refractivity contribution is 6.03. The van der Waals surface area contributed by atoms with Gasteiger partial charge < -0.3 is 15.8 Å². The van der Waals surface area contributed by atoms with Crippen LogP contribution in [0.25, 0.3) is 0 Å². The molecule has 114 valence electrons. The average Bonchev–Trinajstić information content (AvgIpc) is 2.53. The molecule has 0 saturated carbocycles. The SMILES string of the molecule is CCc1ccc(OCC(=O)Nc2ccccc2C(N)=O)cc1. The van der Waals surface area contributed by atoms with E-state index >= 15 is 0 Å². The van der Waals surface area contributed by atoms with Gasteiger partial charge in [-0.05, 0) is 36.2 Å². The van der Waals surface area contributed by atoms with E-state index in [1.54, 1.807) is 24.3 Å². The first-order chi connectivity index (χ1) is 10.6. The van der Waals surface area contributed by atoms with Crippen LogP contribution in [0.5, 0.6) is 5.75 Å². The molecule has 5 heteroatoms. The Morgan fingerprint density at radius 3 is 2.41 bits per heavy atom. The van der Waals surface area contributed by atoms with Crippen molar-refractivity contribution in [3.63, 3.8) is 0 Å². The Hall–Kier alpha value is -2.82. The molecule has 0 atom stereocenters. The summed E-state index contributed by atoms with van der Waals surface area (Å²) >= 11 is 0. The number of para-hydroxylation sites is 1. The van der Waals surface area contributed by atoms with Gasteiger partial charge in [0.2, 0.25) is 0 Å². The first-order valence-electron chi connectivity index (χ1n) is 7.00. The molecule has 0 unspecified atom stereocenters. The van der Waals surface area contributed by atoms with Crippen LogP contribution in [0.2, 0.25) is 0 Å². The lowest BCUT2D eigenvalue weighted by atomic mass is 10.1. The summed E-state index contributed by atoms with van der Waals surface area (Å²) in [5.74, 6) is -0.323. The number of hydrogen-bond donors (Lipinski definition) is 2. The minimum Gasteiger partial charge on any atom is -0.484 e. The molecule has 0 fully saturated rings. The van der Waals surface area contributed by atoms with Crippen molar-refractivity contribution >= 4 is 17.5 Å². The van der Waals surface area contributed by atoms with Crippen molar-refractivity contribution in [3.8, 4) is 5.75 Å². The zero-order valence-electron chi connectivity index (χ0n) is 12.3. The Kier molecular flexibility index (Phi) is 5.14. The molecule has 0 radical (unpaired) electrons. The maximum atomic E-state index is 11.9. The summed E-state index contributed by atoms with van der Waals surface area (Å²) in [4.78, 5) is 23.2. The Bertz CT molecular complexity index is 666. The second-order valence-electron chi connectivity index (χ2n) is 4.74. The molecule has 2 aromatic carbocycles. The van der Waals surface area contributed by atoms with E-state index < -0.39 is 5.91 Å². The molecule has 0 heterocycles. The summed E-state index contributed by atoms with van der Waals surface area (Å²) in [6, 6.07) is 14.1. The second-order valence-corrected chi connectivity index (χ2v) is 4.74. The first kappa shape index (κ1) is 15.6. The molecule has 3 N–H and O–H groups in total. The summed E-state index contributed by atoms with van der Waals surface area (Å²) in [6.45, 7) is 1.93.